The number of para-hydroxylation sites is 1. The van der Waals surface area contributed by atoms with E-state index in [4.69, 9.17) is 9.84 Å². The number of ether oxygens (including phenoxy) is 1. The summed E-state index contributed by atoms with van der Waals surface area (Å²) >= 11 is 3.18. The highest BCUT2D eigenvalue weighted by Crippen LogP contribution is 2.28. The standard InChI is InChI=1S/C13H8BrFO3/c14-9-5-8(13(16)17)6-10(7-9)18-12-4-2-1-3-11(12)15/h1-7H,(H,16,17). The van der Waals surface area contributed by atoms with Crippen LogP contribution in [0.1, 0.15) is 10.4 Å². The van der Waals surface area contributed by atoms with Crippen LogP contribution in [0.2, 0.25) is 0 Å². The quantitative estimate of drug-likeness (QED) is 0.929. The van der Waals surface area contributed by atoms with Gasteiger partial charge in [-0.25, -0.2) is 9.18 Å². The van der Waals surface area contributed by atoms with Crippen LogP contribution in [0.25, 0.3) is 0 Å². The first-order valence-corrected chi connectivity index (χ1v) is 5.82. The highest BCUT2D eigenvalue weighted by atomic mass is 79.9. The highest BCUT2D eigenvalue weighted by Gasteiger charge is 2.09. The van der Waals surface area contributed by atoms with Crippen LogP contribution >= 0.6 is 15.9 Å². The second-order valence-corrected chi connectivity index (χ2v) is 4.43. The first-order chi connectivity index (χ1) is 8.56. The molecule has 0 amide bonds. The second kappa shape index (κ2) is 5.18. The average molecular weight is 311 g/mol. The summed E-state index contributed by atoms with van der Waals surface area (Å²) in [5.41, 5.74) is 0.0655. The molecule has 3 nitrogen and oxygen atoms in total. The van der Waals surface area contributed by atoms with Crippen LogP contribution < -0.4 is 4.74 Å². The average Bonchev–Trinajstić information content (AvgIpc) is 2.31. The van der Waals surface area contributed by atoms with E-state index in [0.29, 0.717) is 4.47 Å². The van der Waals surface area contributed by atoms with E-state index in [2.05, 4.69) is 15.9 Å². The lowest BCUT2D eigenvalue weighted by Crippen LogP contribution is -1.97. The number of carboxylic acid groups (broad SMARTS) is 1. The van der Waals surface area contributed by atoms with Gasteiger partial charge >= 0.3 is 5.97 Å². The summed E-state index contributed by atoms with van der Waals surface area (Å²) in [5.74, 6) is -1.28. The van der Waals surface area contributed by atoms with Crippen molar-refractivity contribution in [1.29, 1.82) is 0 Å². The number of aromatic carboxylic acids is 1. The van der Waals surface area contributed by atoms with E-state index in [1.165, 1.54) is 24.3 Å². The maximum atomic E-state index is 13.4. The molecule has 1 N–H and O–H groups in total. The van der Waals surface area contributed by atoms with E-state index in [1.807, 2.05) is 0 Å². The molecule has 92 valence electrons. The monoisotopic (exact) mass is 310 g/mol. The van der Waals surface area contributed by atoms with E-state index in [-0.39, 0.29) is 17.1 Å². The van der Waals surface area contributed by atoms with E-state index in [0.717, 1.165) is 0 Å². The summed E-state index contributed by atoms with van der Waals surface area (Å²) in [6, 6.07) is 10.3. The molecule has 2 rings (SSSR count). The molecule has 5 heteroatoms. The highest BCUT2D eigenvalue weighted by molar-refractivity contribution is 9.10. The summed E-state index contributed by atoms with van der Waals surface area (Å²) < 4.78 is 19.2. The second-order valence-electron chi connectivity index (χ2n) is 3.51. The van der Waals surface area contributed by atoms with Gasteiger partial charge in [-0.2, -0.15) is 0 Å². The molecule has 0 radical (unpaired) electrons. The fraction of sp³-hybridized carbons (Fsp3) is 0. The van der Waals surface area contributed by atoms with Crippen LogP contribution in [-0.4, -0.2) is 11.1 Å². The lowest BCUT2D eigenvalue weighted by molar-refractivity contribution is 0.0696. The van der Waals surface area contributed by atoms with Gasteiger partial charge in [-0.3, -0.25) is 0 Å². The van der Waals surface area contributed by atoms with Crippen molar-refractivity contribution < 1.29 is 19.0 Å². The Morgan fingerprint density at radius 1 is 1.22 bits per heavy atom. The number of halogens is 2. The number of rotatable bonds is 3. The molecular formula is C13H8BrFO3. The first kappa shape index (κ1) is 12.6. The summed E-state index contributed by atoms with van der Waals surface area (Å²) in [7, 11) is 0. The molecule has 0 aliphatic rings. The van der Waals surface area contributed by atoms with Gasteiger partial charge < -0.3 is 9.84 Å². The van der Waals surface area contributed by atoms with Gasteiger partial charge in [0, 0.05) is 4.47 Å². The molecule has 0 atom stereocenters. The van der Waals surface area contributed by atoms with E-state index in [1.54, 1.807) is 18.2 Å². The zero-order valence-electron chi connectivity index (χ0n) is 9.06. The Hall–Kier alpha value is -1.88. The van der Waals surface area contributed by atoms with Crippen molar-refractivity contribution in [3.8, 4) is 11.5 Å². The summed E-state index contributed by atoms with van der Waals surface area (Å²) in [5, 5.41) is 8.90. The molecule has 18 heavy (non-hydrogen) atoms. The van der Waals surface area contributed by atoms with Crippen molar-refractivity contribution in [2.45, 2.75) is 0 Å². The van der Waals surface area contributed by atoms with Crippen molar-refractivity contribution in [2.75, 3.05) is 0 Å². The molecule has 0 saturated heterocycles. The van der Waals surface area contributed by atoms with Gasteiger partial charge in [-0.05, 0) is 30.3 Å². The molecule has 0 unspecified atom stereocenters. The van der Waals surface area contributed by atoms with Crippen molar-refractivity contribution in [3.63, 3.8) is 0 Å². The molecule has 2 aromatic rings. The fourth-order valence-corrected chi connectivity index (χ4v) is 1.87. The molecule has 0 fully saturated rings. The lowest BCUT2D eigenvalue weighted by atomic mass is 10.2. The Morgan fingerprint density at radius 2 is 1.94 bits per heavy atom. The third-order valence-electron chi connectivity index (χ3n) is 2.18. The molecule has 0 bridgehead atoms. The largest absolute Gasteiger partial charge is 0.478 e. The van der Waals surface area contributed by atoms with Crippen LogP contribution in [0.3, 0.4) is 0 Å². The van der Waals surface area contributed by atoms with E-state index in [9.17, 15) is 9.18 Å². The number of hydrogen-bond donors (Lipinski definition) is 1. The van der Waals surface area contributed by atoms with Crippen molar-refractivity contribution in [2.24, 2.45) is 0 Å². The molecule has 0 heterocycles. The van der Waals surface area contributed by atoms with Crippen LogP contribution in [-0.2, 0) is 0 Å². The van der Waals surface area contributed by atoms with Gasteiger partial charge in [0.25, 0.3) is 0 Å². The Morgan fingerprint density at radius 3 is 2.61 bits per heavy atom. The molecule has 0 aromatic heterocycles. The zero-order valence-corrected chi connectivity index (χ0v) is 10.6. The Kier molecular flexibility index (Phi) is 3.62. The Balaban J connectivity index is 2.35. The predicted octanol–water partition coefficient (Wildman–Crippen LogP) is 4.08. The van der Waals surface area contributed by atoms with Gasteiger partial charge in [0.05, 0.1) is 5.56 Å². The van der Waals surface area contributed by atoms with Gasteiger partial charge in [-0.1, -0.05) is 28.1 Å². The summed E-state index contributed by atoms with van der Waals surface area (Å²) in [6.07, 6.45) is 0. The van der Waals surface area contributed by atoms with Crippen molar-refractivity contribution >= 4 is 21.9 Å². The molecule has 0 aliphatic carbocycles. The Bertz CT molecular complexity index is 599. The molecule has 2 aromatic carbocycles. The van der Waals surface area contributed by atoms with Crippen LogP contribution in [0.4, 0.5) is 4.39 Å². The normalized spacial score (nSPS) is 10.1. The minimum atomic E-state index is -1.07. The van der Waals surface area contributed by atoms with Crippen LogP contribution in [0.15, 0.2) is 46.9 Å². The summed E-state index contributed by atoms with van der Waals surface area (Å²) in [6.45, 7) is 0. The van der Waals surface area contributed by atoms with Gasteiger partial charge in [0.2, 0.25) is 0 Å². The SMILES string of the molecule is O=C(O)c1cc(Br)cc(Oc2ccccc2F)c1. The Labute approximate surface area is 111 Å². The third kappa shape index (κ3) is 2.87. The molecule has 0 saturated carbocycles. The van der Waals surface area contributed by atoms with Crippen molar-refractivity contribution in [3.05, 3.63) is 58.3 Å². The number of carbonyl (C=O) groups is 1. The number of carboxylic acids is 1. The fourth-order valence-electron chi connectivity index (χ4n) is 1.40. The minimum absolute atomic E-state index is 0.0481. The van der Waals surface area contributed by atoms with Crippen molar-refractivity contribution in [1.82, 2.24) is 0 Å². The zero-order chi connectivity index (χ0) is 13.1. The number of benzene rings is 2. The maximum Gasteiger partial charge on any atom is 0.335 e. The maximum absolute atomic E-state index is 13.4. The number of hydrogen-bond acceptors (Lipinski definition) is 2. The lowest BCUT2D eigenvalue weighted by Gasteiger charge is -2.08. The van der Waals surface area contributed by atoms with Gasteiger partial charge in [0.1, 0.15) is 5.75 Å². The van der Waals surface area contributed by atoms with Gasteiger partial charge in [0.15, 0.2) is 11.6 Å². The first-order valence-electron chi connectivity index (χ1n) is 5.02. The van der Waals surface area contributed by atoms with Crippen LogP contribution in [0, 0.1) is 5.82 Å². The van der Waals surface area contributed by atoms with Gasteiger partial charge in [-0.15, -0.1) is 0 Å². The van der Waals surface area contributed by atoms with E-state index < -0.39 is 11.8 Å². The topological polar surface area (TPSA) is 46.5 Å². The molecule has 0 aliphatic heterocycles. The van der Waals surface area contributed by atoms with Crippen LogP contribution in [0.5, 0.6) is 11.5 Å². The minimum Gasteiger partial charge on any atom is -0.478 e. The predicted molar refractivity (Wildman–Crippen MR) is 67.6 cm³/mol. The third-order valence-corrected chi connectivity index (χ3v) is 2.64. The molecule has 0 spiro atoms. The smallest absolute Gasteiger partial charge is 0.335 e. The van der Waals surface area contributed by atoms with E-state index >= 15 is 0 Å². The molecular weight excluding hydrogens is 303 g/mol. The summed E-state index contributed by atoms with van der Waals surface area (Å²) in [4.78, 5) is 10.9.